The van der Waals surface area contributed by atoms with Gasteiger partial charge < -0.3 is 15.5 Å². The average Bonchev–Trinajstić information content (AvgIpc) is 2.63. The van der Waals surface area contributed by atoms with Crippen LogP contribution in [0.2, 0.25) is 0 Å². The zero-order valence-corrected chi connectivity index (χ0v) is 16.4. The van der Waals surface area contributed by atoms with Crippen molar-refractivity contribution in [2.75, 3.05) is 29.9 Å². The van der Waals surface area contributed by atoms with Gasteiger partial charge in [-0.3, -0.25) is 4.79 Å². The van der Waals surface area contributed by atoms with Crippen molar-refractivity contribution in [1.82, 2.24) is 5.32 Å². The van der Waals surface area contributed by atoms with E-state index in [1.807, 2.05) is 12.1 Å². The van der Waals surface area contributed by atoms with Crippen LogP contribution in [0.3, 0.4) is 0 Å². The molecule has 0 saturated heterocycles. The van der Waals surface area contributed by atoms with Crippen molar-refractivity contribution in [3.05, 3.63) is 59.2 Å². The Balaban J connectivity index is 1.79. The molecule has 2 rings (SSSR count). The summed E-state index contributed by atoms with van der Waals surface area (Å²) < 4.78 is 0. The van der Waals surface area contributed by atoms with Crippen molar-refractivity contribution in [3.8, 4) is 0 Å². The molecule has 2 aromatic carbocycles. The molecule has 0 bridgehead atoms. The second kappa shape index (κ2) is 9.85. The molecule has 2 N–H and O–H groups in total. The second-order valence-electron chi connectivity index (χ2n) is 6.61. The summed E-state index contributed by atoms with van der Waals surface area (Å²) in [5.41, 5.74) is 5.88. The standard InChI is InChI=1S/C22H31N3O/c1-5-25(6-2)20-10-11-21(18(4)15-20)23-13-12-22(26)24-16-19-9-7-8-17(3)14-19/h7-11,14-15,23H,5-6,12-13,16H2,1-4H3,(H,24,26). The molecular formula is C22H31N3O. The Morgan fingerprint density at radius 2 is 1.81 bits per heavy atom. The summed E-state index contributed by atoms with van der Waals surface area (Å²) in [6.07, 6.45) is 0.461. The Bertz CT molecular complexity index is 723. The van der Waals surface area contributed by atoms with Crippen LogP contribution in [0.25, 0.3) is 0 Å². The topological polar surface area (TPSA) is 44.4 Å². The van der Waals surface area contributed by atoms with Crippen LogP contribution in [-0.2, 0) is 11.3 Å². The molecule has 140 valence electrons. The van der Waals surface area contributed by atoms with Gasteiger partial charge >= 0.3 is 0 Å². The van der Waals surface area contributed by atoms with E-state index in [0.29, 0.717) is 19.5 Å². The minimum Gasteiger partial charge on any atom is -0.384 e. The van der Waals surface area contributed by atoms with Crippen LogP contribution >= 0.6 is 0 Å². The fraction of sp³-hybridized carbons (Fsp3) is 0.409. The maximum atomic E-state index is 12.0. The molecule has 26 heavy (non-hydrogen) atoms. The van der Waals surface area contributed by atoms with Gasteiger partial charge in [-0.15, -0.1) is 0 Å². The third kappa shape index (κ3) is 5.80. The van der Waals surface area contributed by atoms with Crippen molar-refractivity contribution in [2.45, 2.75) is 40.7 Å². The third-order valence-electron chi connectivity index (χ3n) is 4.58. The lowest BCUT2D eigenvalue weighted by molar-refractivity contribution is -0.121. The monoisotopic (exact) mass is 353 g/mol. The molecule has 0 saturated carbocycles. The molecule has 0 unspecified atom stereocenters. The molecule has 0 radical (unpaired) electrons. The number of rotatable bonds is 9. The average molecular weight is 354 g/mol. The van der Waals surface area contributed by atoms with Crippen LogP contribution in [0, 0.1) is 13.8 Å². The maximum absolute atomic E-state index is 12.0. The quantitative estimate of drug-likeness (QED) is 0.708. The first-order chi connectivity index (χ1) is 12.5. The molecule has 0 atom stereocenters. The molecule has 4 nitrogen and oxygen atoms in total. The fourth-order valence-corrected chi connectivity index (χ4v) is 3.05. The molecule has 0 heterocycles. The molecule has 0 aliphatic heterocycles. The summed E-state index contributed by atoms with van der Waals surface area (Å²) in [7, 11) is 0. The van der Waals surface area contributed by atoms with Crippen LogP contribution < -0.4 is 15.5 Å². The number of anilines is 2. The molecule has 0 aliphatic carbocycles. The molecule has 0 spiro atoms. The van der Waals surface area contributed by atoms with Gasteiger partial charge in [0.05, 0.1) is 0 Å². The third-order valence-corrected chi connectivity index (χ3v) is 4.58. The molecular weight excluding hydrogens is 322 g/mol. The van der Waals surface area contributed by atoms with E-state index in [1.54, 1.807) is 0 Å². The van der Waals surface area contributed by atoms with Crippen molar-refractivity contribution >= 4 is 17.3 Å². The van der Waals surface area contributed by atoms with Gasteiger partial charge in [0.15, 0.2) is 0 Å². The first kappa shape index (κ1) is 19.8. The van der Waals surface area contributed by atoms with Crippen LogP contribution in [0.15, 0.2) is 42.5 Å². The predicted molar refractivity (Wildman–Crippen MR) is 111 cm³/mol. The number of hydrogen-bond acceptors (Lipinski definition) is 3. The van der Waals surface area contributed by atoms with Gasteiger partial charge in [-0.25, -0.2) is 0 Å². The number of amides is 1. The Hall–Kier alpha value is -2.49. The Kier molecular flexibility index (Phi) is 7.52. The van der Waals surface area contributed by atoms with Crippen LogP contribution in [0.1, 0.15) is 37.0 Å². The number of hydrogen-bond donors (Lipinski definition) is 2. The Morgan fingerprint density at radius 1 is 1.04 bits per heavy atom. The van der Waals surface area contributed by atoms with Gasteiger partial charge in [0.1, 0.15) is 0 Å². The summed E-state index contributed by atoms with van der Waals surface area (Å²) in [4.78, 5) is 14.4. The molecule has 0 aromatic heterocycles. The van der Waals surface area contributed by atoms with Crippen LogP contribution in [0.5, 0.6) is 0 Å². The van der Waals surface area contributed by atoms with E-state index in [2.05, 4.69) is 73.6 Å². The minimum atomic E-state index is 0.0661. The number of nitrogens with one attached hydrogen (secondary N) is 2. The van der Waals surface area contributed by atoms with E-state index in [0.717, 1.165) is 24.3 Å². The molecule has 0 aliphatic rings. The highest BCUT2D eigenvalue weighted by Crippen LogP contribution is 2.22. The van der Waals surface area contributed by atoms with E-state index in [-0.39, 0.29) is 5.91 Å². The van der Waals surface area contributed by atoms with Crippen molar-refractivity contribution in [3.63, 3.8) is 0 Å². The van der Waals surface area contributed by atoms with Crippen molar-refractivity contribution < 1.29 is 4.79 Å². The number of aryl methyl sites for hydroxylation is 2. The van der Waals surface area contributed by atoms with Gasteiger partial charge in [0, 0.05) is 44.0 Å². The zero-order chi connectivity index (χ0) is 18.9. The summed E-state index contributed by atoms with van der Waals surface area (Å²) >= 11 is 0. The fourth-order valence-electron chi connectivity index (χ4n) is 3.05. The van der Waals surface area contributed by atoms with Gasteiger partial charge in [-0.2, -0.15) is 0 Å². The lowest BCUT2D eigenvalue weighted by Gasteiger charge is -2.22. The predicted octanol–water partition coefficient (Wildman–Crippen LogP) is 4.27. The lowest BCUT2D eigenvalue weighted by atomic mass is 10.1. The van der Waals surface area contributed by atoms with E-state index in [9.17, 15) is 4.79 Å². The Morgan fingerprint density at radius 3 is 2.46 bits per heavy atom. The number of carbonyl (C=O) groups excluding carboxylic acids is 1. The smallest absolute Gasteiger partial charge is 0.222 e. The molecule has 1 amide bonds. The maximum Gasteiger partial charge on any atom is 0.222 e. The van der Waals surface area contributed by atoms with Gasteiger partial charge in [0.25, 0.3) is 0 Å². The highest BCUT2D eigenvalue weighted by Gasteiger charge is 2.06. The summed E-state index contributed by atoms with van der Waals surface area (Å²) in [5.74, 6) is 0.0661. The Labute approximate surface area is 157 Å². The van der Waals surface area contributed by atoms with Crippen molar-refractivity contribution in [1.29, 1.82) is 0 Å². The normalized spacial score (nSPS) is 10.5. The lowest BCUT2D eigenvalue weighted by Crippen LogP contribution is -2.25. The van der Waals surface area contributed by atoms with E-state index < -0.39 is 0 Å². The molecule has 0 fully saturated rings. The number of nitrogens with zero attached hydrogens (tertiary/aromatic N) is 1. The highest BCUT2D eigenvalue weighted by molar-refractivity contribution is 5.76. The first-order valence-corrected chi connectivity index (χ1v) is 9.45. The van der Waals surface area contributed by atoms with Gasteiger partial charge in [-0.05, 0) is 57.0 Å². The molecule has 4 heteroatoms. The van der Waals surface area contributed by atoms with E-state index in [1.165, 1.54) is 16.8 Å². The van der Waals surface area contributed by atoms with E-state index in [4.69, 9.17) is 0 Å². The van der Waals surface area contributed by atoms with E-state index >= 15 is 0 Å². The van der Waals surface area contributed by atoms with Crippen molar-refractivity contribution in [2.24, 2.45) is 0 Å². The summed E-state index contributed by atoms with van der Waals surface area (Å²) in [6.45, 7) is 11.7. The first-order valence-electron chi connectivity index (χ1n) is 9.45. The van der Waals surface area contributed by atoms with Crippen LogP contribution in [0.4, 0.5) is 11.4 Å². The SMILES string of the molecule is CCN(CC)c1ccc(NCCC(=O)NCc2cccc(C)c2)c(C)c1. The second-order valence-corrected chi connectivity index (χ2v) is 6.61. The largest absolute Gasteiger partial charge is 0.384 e. The molecule has 2 aromatic rings. The summed E-state index contributed by atoms with van der Waals surface area (Å²) in [6, 6.07) is 14.7. The number of carbonyl (C=O) groups is 1. The van der Waals surface area contributed by atoms with Gasteiger partial charge in [0.2, 0.25) is 5.91 Å². The highest BCUT2D eigenvalue weighted by atomic mass is 16.1. The zero-order valence-electron chi connectivity index (χ0n) is 16.4. The minimum absolute atomic E-state index is 0.0661. The summed E-state index contributed by atoms with van der Waals surface area (Å²) in [5, 5.41) is 6.35. The van der Waals surface area contributed by atoms with Gasteiger partial charge in [-0.1, -0.05) is 29.8 Å². The number of benzene rings is 2. The van der Waals surface area contributed by atoms with Crippen LogP contribution in [-0.4, -0.2) is 25.5 Å².